The van der Waals surface area contributed by atoms with Gasteiger partial charge in [-0.25, -0.2) is 4.98 Å². The van der Waals surface area contributed by atoms with Gasteiger partial charge in [0.05, 0.1) is 11.8 Å². The van der Waals surface area contributed by atoms with E-state index in [1.165, 1.54) is 23.1 Å². The number of thioether (sulfide) groups is 1. The van der Waals surface area contributed by atoms with Crippen LogP contribution in [0.3, 0.4) is 0 Å². The number of carbonyl (C=O) groups excluding carboxylic acids is 1. The summed E-state index contributed by atoms with van der Waals surface area (Å²) in [5, 5.41) is 20.3. The number of nitriles is 1. The van der Waals surface area contributed by atoms with E-state index in [-0.39, 0.29) is 11.5 Å². The number of aryl methyl sites for hydroxylation is 1. The molecule has 1 unspecified atom stereocenters. The second kappa shape index (κ2) is 7.38. The lowest BCUT2D eigenvalue weighted by molar-refractivity contribution is -0.116. The fraction of sp³-hybridized carbons (Fsp3) is 0.188. The number of aromatic nitrogens is 4. The minimum Gasteiger partial charge on any atom is -0.297 e. The summed E-state index contributed by atoms with van der Waals surface area (Å²) >= 11 is 2.60. The third-order valence-electron chi connectivity index (χ3n) is 3.23. The van der Waals surface area contributed by atoms with Crippen LogP contribution in [0.5, 0.6) is 0 Å². The van der Waals surface area contributed by atoms with E-state index in [1.54, 1.807) is 6.33 Å². The summed E-state index contributed by atoms with van der Waals surface area (Å²) in [6.07, 6.45) is 1.61. The third-order valence-corrected chi connectivity index (χ3v) is 5.22. The summed E-state index contributed by atoms with van der Waals surface area (Å²) in [6.45, 7) is 1.84. The summed E-state index contributed by atoms with van der Waals surface area (Å²) in [7, 11) is 0. The van der Waals surface area contributed by atoms with Crippen LogP contribution in [0.25, 0.3) is 5.69 Å². The van der Waals surface area contributed by atoms with Gasteiger partial charge in [0.1, 0.15) is 11.3 Å². The monoisotopic (exact) mass is 355 g/mol. The van der Waals surface area contributed by atoms with Gasteiger partial charge in [-0.05, 0) is 19.1 Å². The SMILES string of the molecule is Cc1csc(C(C#N)C(=O)CSc2nncn2-c2ccccc2)n1. The van der Waals surface area contributed by atoms with Gasteiger partial charge in [0.2, 0.25) is 0 Å². The normalized spacial score (nSPS) is 11.8. The first kappa shape index (κ1) is 16.4. The molecule has 3 rings (SSSR count). The van der Waals surface area contributed by atoms with Crippen molar-refractivity contribution < 1.29 is 4.79 Å². The van der Waals surface area contributed by atoms with E-state index >= 15 is 0 Å². The summed E-state index contributed by atoms with van der Waals surface area (Å²) in [6, 6.07) is 11.7. The van der Waals surface area contributed by atoms with Gasteiger partial charge < -0.3 is 0 Å². The molecule has 2 heterocycles. The van der Waals surface area contributed by atoms with E-state index in [9.17, 15) is 10.1 Å². The first-order valence-corrected chi connectivity index (χ1v) is 8.98. The molecule has 1 aromatic carbocycles. The van der Waals surface area contributed by atoms with Crippen molar-refractivity contribution in [3.8, 4) is 11.8 Å². The number of hydrogen-bond acceptors (Lipinski definition) is 7. The largest absolute Gasteiger partial charge is 0.297 e. The molecule has 0 amide bonds. The van der Waals surface area contributed by atoms with Crippen molar-refractivity contribution in [2.24, 2.45) is 0 Å². The van der Waals surface area contributed by atoms with E-state index in [0.29, 0.717) is 10.2 Å². The Kier molecular flexibility index (Phi) is 5.03. The molecule has 0 fully saturated rings. The molecule has 0 aliphatic carbocycles. The van der Waals surface area contributed by atoms with Crippen LogP contribution >= 0.6 is 23.1 Å². The number of thiazole rings is 1. The average Bonchev–Trinajstić information content (AvgIpc) is 3.23. The first-order chi connectivity index (χ1) is 11.7. The van der Waals surface area contributed by atoms with Gasteiger partial charge in [-0.15, -0.1) is 21.5 Å². The van der Waals surface area contributed by atoms with E-state index in [0.717, 1.165) is 11.4 Å². The van der Waals surface area contributed by atoms with Gasteiger partial charge in [0, 0.05) is 16.8 Å². The van der Waals surface area contributed by atoms with E-state index < -0.39 is 5.92 Å². The highest BCUT2D eigenvalue weighted by Crippen LogP contribution is 2.25. The second-order valence-corrected chi connectivity index (χ2v) is 6.80. The number of para-hydroxylation sites is 1. The Bertz CT molecular complexity index is 881. The quantitative estimate of drug-likeness (QED) is 0.632. The van der Waals surface area contributed by atoms with Gasteiger partial charge in [0.15, 0.2) is 16.9 Å². The predicted molar refractivity (Wildman–Crippen MR) is 92.3 cm³/mol. The zero-order chi connectivity index (χ0) is 16.9. The number of hydrogen-bond donors (Lipinski definition) is 0. The van der Waals surface area contributed by atoms with Gasteiger partial charge in [0.25, 0.3) is 0 Å². The van der Waals surface area contributed by atoms with Crippen molar-refractivity contribution in [1.29, 1.82) is 5.26 Å². The molecule has 0 radical (unpaired) electrons. The van der Waals surface area contributed by atoms with Crippen molar-refractivity contribution in [3.05, 3.63) is 52.7 Å². The fourth-order valence-corrected chi connectivity index (χ4v) is 3.77. The highest BCUT2D eigenvalue weighted by molar-refractivity contribution is 7.99. The Labute approximate surface area is 147 Å². The Morgan fingerprint density at radius 3 is 2.88 bits per heavy atom. The predicted octanol–water partition coefficient (Wildman–Crippen LogP) is 3.00. The minimum atomic E-state index is -0.829. The molecular formula is C16H13N5OS2. The second-order valence-electron chi connectivity index (χ2n) is 4.96. The molecule has 6 nitrogen and oxygen atoms in total. The van der Waals surface area contributed by atoms with Crippen molar-refractivity contribution in [3.63, 3.8) is 0 Å². The van der Waals surface area contributed by atoms with Gasteiger partial charge in [-0.1, -0.05) is 30.0 Å². The molecule has 3 aromatic rings. The van der Waals surface area contributed by atoms with Crippen LogP contribution in [0.2, 0.25) is 0 Å². The third kappa shape index (κ3) is 3.53. The maximum Gasteiger partial charge on any atom is 0.196 e. The van der Waals surface area contributed by atoms with Crippen LogP contribution in [-0.2, 0) is 4.79 Å². The van der Waals surface area contributed by atoms with Crippen molar-refractivity contribution in [2.45, 2.75) is 18.0 Å². The van der Waals surface area contributed by atoms with Crippen molar-refractivity contribution in [2.75, 3.05) is 5.75 Å². The molecule has 8 heteroatoms. The topological polar surface area (TPSA) is 84.5 Å². The molecule has 1 atom stereocenters. The summed E-state index contributed by atoms with van der Waals surface area (Å²) < 4.78 is 1.81. The van der Waals surface area contributed by atoms with Crippen LogP contribution < -0.4 is 0 Å². The van der Waals surface area contributed by atoms with Crippen LogP contribution in [0.15, 0.2) is 47.2 Å². The maximum absolute atomic E-state index is 12.4. The first-order valence-electron chi connectivity index (χ1n) is 7.11. The van der Waals surface area contributed by atoms with Crippen LogP contribution in [0.4, 0.5) is 0 Å². The molecule has 0 spiro atoms. The molecule has 0 saturated heterocycles. The minimum absolute atomic E-state index is 0.141. The molecule has 0 saturated carbocycles. The molecule has 24 heavy (non-hydrogen) atoms. The van der Waals surface area contributed by atoms with Crippen LogP contribution in [-0.4, -0.2) is 31.3 Å². The van der Waals surface area contributed by atoms with Crippen LogP contribution in [0.1, 0.15) is 16.6 Å². The van der Waals surface area contributed by atoms with Crippen LogP contribution in [0, 0.1) is 18.3 Å². The molecule has 0 N–H and O–H groups in total. The lowest BCUT2D eigenvalue weighted by atomic mass is 10.1. The summed E-state index contributed by atoms with van der Waals surface area (Å²) in [5.74, 6) is -0.869. The zero-order valence-corrected chi connectivity index (χ0v) is 14.4. The Balaban J connectivity index is 1.71. The fourth-order valence-electron chi connectivity index (χ4n) is 2.08. The molecule has 0 aliphatic rings. The number of ketones is 1. The van der Waals surface area contributed by atoms with E-state index in [2.05, 4.69) is 21.3 Å². The number of Topliss-reactive ketones (excluding diaryl/α,β-unsaturated/α-hetero) is 1. The molecule has 0 aliphatic heterocycles. The maximum atomic E-state index is 12.4. The van der Waals surface area contributed by atoms with Crippen molar-refractivity contribution in [1.82, 2.24) is 19.7 Å². The van der Waals surface area contributed by atoms with Crippen molar-refractivity contribution >= 4 is 28.9 Å². The number of rotatable bonds is 6. The number of benzene rings is 1. The van der Waals surface area contributed by atoms with Gasteiger partial charge in [-0.3, -0.25) is 9.36 Å². The zero-order valence-electron chi connectivity index (χ0n) is 12.8. The van der Waals surface area contributed by atoms with Gasteiger partial charge >= 0.3 is 0 Å². The number of carbonyl (C=O) groups is 1. The smallest absolute Gasteiger partial charge is 0.196 e. The lowest BCUT2D eigenvalue weighted by Gasteiger charge is -2.07. The molecular weight excluding hydrogens is 342 g/mol. The highest BCUT2D eigenvalue weighted by Gasteiger charge is 2.24. The standard InChI is InChI=1S/C16H13N5OS2/c1-11-8-23-15(19-11)13(7-17)14(22)9-24-16-20-18-10-21(16)12-5-3-2-4-6-12/h2-6,8,10,13H,9H2,1H3. The van der Waals surface area contributed by atoms with E-state index in [4.69, 9.17) is 0 Å². The number of nitrogens with zero attached hydrogens (tertiary/aromatic N) is 5. The van der Waals surface area contributed by atoms with Gasteiger partial charge in [-0.2, -0.15) is 5.26 Å². The summed E-state index contributed by atoms with van der Waals surface area (Å²) in [5.41, 5.74) is 1.74. The molecule has 120 valence electrons. The average molecular weight is 355 g/mol. The Morgan fingerprint density at radius 1 is 1.42 bits per heavy atom. The summed E-state index contributed by atoms with van der Waals surface area (Å²) in [4.78, 5) is 16.6. The molecule has 2 aromatic heterocycles. The van der Waals surface area contributed by atoms with E-state index in [1.807, 2.05) is 47.2 Å². The molecule has 0 bridgehead atoms. The highest BCUT2D eigenvalue weighted by atomic mass is 32.2. The lowest BCUT2D eigenvalue weighted by Crippen LogP contribution is -2.13. The Hall–Kier alpha value is -2.50. The Morgan fingerprint density at radius 2 is 2.21 bits per heavy atom.